The molecular weight excluding hydrogens is 258 g/mol. The number of anilines is 1. The summed E-state index contributed by atoms with van der Waals surface area (Å²) in [5.74, 6) is -0.187. The minimum absolute atomic E-state index is 0.187. The van der Waals surface area contributed by atoms with E-state index in [1.54, 1.807) is 6.92 Å². The number of carbonyl (C=O) groups is 1. The van der Waals surface area contributed by atoms with Crippen LogP contribution in [0.4, 0.5) is 5.69 Å². The highest BCUT2D eigenvalue weighted by Crippen LogP contribution is 2.23. The van der Waals surface area contributed by atoms with Gasteiger partial charge in [-0.2, -0.15) is 0 Å². The molecular formula is C11H14BrNO2. The summed E-state index contributed by atoms with van der Waals surface area (Å²) < 4.78 is 5.79. The topological polar surface area (TPSA) is 52.3 Å². The van der Waals surface area contributed by atoms with Crippen molar-refractivity contribution in [3.05, 3.63) is 28.2 Å². The van der Waals surface area contributed by atoms with E-state index in [2.05, 4.69) is 15.9 Å². The number of rotatable bonds is 4. The van der Waals surface area contributed by atoms with Crippen LogP contribution in [0.1, 0.15) is 18.9 Å². The second-order valence-corrected chi connectivity index (χ2v) is 3.97. The summed E-state index contributed by atoms with van der Waals surface area (Å²) in [6, 6.07) is 5.61. The van der Waals surface area contributed by atoms with E-state index >= 15 is 0 Å². The maximum Gasteiger partial charge on any atom is 0.306 e. The van der Waals surface area contributed by atoms with Crippen molar-refractivity contribution in [1.82, 2.24) is 0 Å². The first-order valence-electron chi connectivity index (χ1n) is 4.83. The highest BCUT2D eigenvalue weighted by atomic mass is 79.9. The SMILES string of the molecule is CCOC(=O)CCc1c(N)cccc1Br. The molecule has 0 aromatic heterocycles. The third-order valence-electron chi connectivity index (χ3n) is 2.04. The molecule has 0 bridgehead atoms. The smallest absolute Gasteiger partial charge is 0.306 e. The predicted molar refractivity (Wildman–Crippen MR) is 63.5 cm³/mol. The monoisotopic (exact) mass is 271 g/mol. The summed E-state index contributed by atoms with van der Waals surface area (Å²) in [4.78, 5) is 11.2. The molecule has 15 heavy (non-hydrogen) atoms. The number of hydrogen-bond acceptors (Lipinski definition) is 3. The predicted octanol–water partition coefficient (Wildman–Crippen LogP) is 2.53. The van der Waals surface area contributed by atoms with Gasteiger partial charge in [-0.05, 0) is 31.0 Å². The quantitative estimate of drug-likeness (QED) is 0.677. The Kier molecular flexibility index (Phi) is 4.62. The number of carbonyl (C=O) groups excluding carboxylic acids is 1. The van der Waals surface area contributed by atoms with Crippen molar-refractivity contribution < 1.29 is 9.53 Å². The lowest BCUT2D eigenvalue weighted by Crippen LogP contribution is -2.06. The minimum Gasteiger partial charge on any atom is -0.466 e. The van der Waals surface area contributed by atoms with Crippen molar-refractivity contribution in [2.75, 3.05) is 12.3 Å². The molecule has 0 atom stereocenters. The summed E-state index contributed by atoms with van der Waals surface area (Å²) in [6.07, 6.45) is 0.965. The molecule has 3 nitrogen and oxygen atoms in total. The average molecular weight is 272 g/mol. The third kappa shape index (κ3) is 3.55. The third-order valence-corrected chi connectivity index (χ3v) is 2.78. The molecule has 0 fully saturated rings. The lowest BCUT2D eigenvalue weighted by atomic mass is 10.1. The van der Waals surface area contributed by atoms with Gasteiger partial charge in [-0.25, -0.2) is 0 Å². The molecule has 0 radical (unpaired) electrons. The van der Waals surface area contributed by atoms with E-state index in [1.165, 1.54) is 0 Å². The van der Waals surface area contributed by atoms with Gasteiger partial charge in [0, 0.05) is 16.6 Å². The Balaban J connectivity index is 2.61. The largest absolute Gasteiger partial charge is 0.466 e. The first-order valence-corrected chi connectivity index (χ1v) is 5.63. The van der Waals surface area contributed by atoms with Gasteiger partial charge in [-0.1, -0.05) is 22.0 Å². The van der Waals surface area contributed by atoms with Crippen LogP contribution in [0.3, 0.4) is 0 Å². The van der Waals surface area contributed by atoms with Gasteiger partial charge in [0.05, 0.1) is 6.61 Å². The number of nitrogens with two attached hydrogens (primary N) is 1. The first-order chi connectivity index (χ1) is 7.15. The van der Waals surface area contributed by atoms with Crippen LogP contribution in [0, 0.1) is 0 Å². The molecule has 0 heterocycles. The Morgan fingerprint density at radius 1 is 1.53 bits per heavy atom. The molecule has 1 aromatic rings. The van der Waals surface area contributed by atoms with E-state index in [4.69, 9.17) is 10.5 Å². The fourth-order valence-electron chi connectivity index (χ4n) is 1.30. The molecule has 1 rings (SSSR count). The summed E-state index contributed by atoms with van der Waals surface area (Å²) in [6.45, 7) is 2.22. The second-order valence-electron chi connectivity index (χ2n) is 3.11. The van der Waals surface area contributed by atoms with Crippen LogP contribution < -0.4 is 5.73 Å². The lowest BCUT2D eigenvalue weighted by molar-refractivity contribution is -0.143. The number of halogens is 1. The van der Waals surface area contributed by atoms with E-state index < -0.39 is 0 Å². The normalized spacial score (nSPS) is 10.0. The second kappa shape index (κ2) is 5.75. The number of esters is 1. The van der Waals surface area contributed by atoms with Gasteiger partial charge in [-0.3, -0.25) is 4.79 Å². The maximum absolute atomic E-state index is 11.2. The van der Waals surface area contributed by atoms with E-state index in [0.29, 0.717) is 25.1 Å². The maximum atomic E-state index is 11.2. The molecule has 82 valence electrons. The number of nitrogen functional groups attached to an aromatic ring is 1. The summed E-state index contributed by atoms with van der Waals surface area (Å²) in [7, 11) is 0. The van der Waals surface area contributed by atoms with Crippen molar-refractivity contribution in [2.45, 2.75) is 19.8 Å². The highest BCUT2D eigenvalue weighted by molar-refractivity contribution is 9.10. The zero-order valence-electron chi connectivity index (χ0n) is 8.63. The van der Waals surface area contributed by atoms with Crippen LogP contribution in [-0.4, -0.2) is 12.6 Å². The zero-order chi connectivity index (χ0) is 11.3. The number of ether oxygens (including phenoxy) is 1. The van der Waals surface area contributed by atoms with Gasteiger partial charge < -0.3 is 10.5 Å². The number of hydrogen-bond donors (Lipinski definition) is 1. The number of benzene rings is 1. The summed E-state index contributed by atoms with van der Waals surface area (Å²) in [5.41, 5.74) is 7.47. The van der Waals surface area contributed by atoms with Gasteiger partial charge >= 0.3 is 5.97 Å². The summed E-state index contributed by atoms with van der Waals surface area (Å²) >= 11 is 3.40. The van der Waals surface area contributed by atoms with Crippen LogP contribution in [0.15, 0.2) is 22.7 Å². The van der Waals surface area contributed by atoms with Gasteiger partial charge in [-0.15, -0.1) is 0 Å². The Morgan fingerprint density at radius 3 is 2.87 bits per heavy atom. The first kappa shape index (κ1) is 12.0. The van der Waals surface area contributed by atoms with Crippen LogP contribution >= 0.6 is 15.9 Å². The molecule has 0 saturated heterocycles. The van der Waals surface area contributed by atoms with E-state index in [9.17, 15) is 4.79 Å². The van der Waals surface area contributed by atoms with Crippen molar-refractivity contribution in [3.8, 4) is 0 Å². The van der Waals surface area contributed by atoms with Crippen molar-refractivity contribution in [2.24, 2.45) is 0 Å². The molecule has 2 N–H and O–H groups in total. The fourth-order valence-corrected chi connectivity index (χ4v) is 1.88. The van der Waals surface area contributed by atoms with Gasteiger partial charge in [0.15, 0.2) is 0 Å². The van der Waals surface area contributed by atoms with Gasteiger partial charge in [0.1, 0.15) is 0 Å². The molecule has 1 aromatic carbocycles. The average Bonchev–Trinajstić information content (AvgIpc) is 2.17. The summed E-state index contributed by atoms with van der Waals surface area (Å²) in [5, 5.41) is 0. The van der Waals surface area contributed by atoms with Crippen molar-refractivity contribution >= 4 is 27.6 Å². The standard InChI is InChI=1S/C11H14BrNO2/c1-2-15-11(14)7-6-8-9(12)4-3-5-10(8)13/h3-5H,2,6-7,13H2,1H3. The molecule has 0 spiro atoms. The van der Waals surface area contributed by atoms with Crippen molar-refractivity contribution in [1.29, 1.82) is 0 Å². The molecule has 0 aliphatic rings. The lowest BCUT2D eigenvalue weighted by Gasteiger charge is -2.07. The highest BCUT2D eigenvalue weighted by Gasteiger charge is 2.07. The molecule has 0 aliphatic carbocycles. The fraction of sp³-hybridized carbons (Fsp3) is 0.364. The van der Waals surface area contributed by atoms with E-state index in [-0.39, 0.29) is 5.97 Å². The van der Waals surface area contributed by atoms with Gasteiger partial charge in [0.25, 0.3) is 0 Å². The molecule has 0 aliphatic heterocycles. The Hall–Kier alpha value is -1.03. The Labute approximate surface area is 97.7 Å². The van der Waals surface area contributed by atoms with Crippen LogP contribution in [0.5, 0.6) is 0 Å². The molecule has 4 heteroatoms. The van der Waals surface area contributed by atoms with Crippen LogP contribution in [0.2, 0.25) is 0 Å². The van der Waals surface area contributed by atoms with E-state index in [1.807, 2.05) is 18.2 Å². The zero-order valence-corrected chi connectivity index (χ0v) is 10.2. The Bertz CT molecular complexity index is 332. The van der Waals surface area contributed by atoms with Gasteiger partial charge in [0.2, 0.25) is 0 Å². The van der Waals surface area contributed by atoms with Crippen LogP contribution in [0.25, 0.3) is 0 Å². The molecule has 0 saturated carbocycles. The molecule has 0 unspecified atom stereocenters. The minimum atomic E-state index is -0.187. The van der Waals surface area contributed by atoms with Crippen LogP contribution in [-0.2, 0) is 16.0 Å². The molecule has 0 amide bonds. The van der Waals surface area contributed by atoms with E-state index in [0.717, 1.165) is 10.0 Å². The van der Waals surface area contributed by atoms with Crippen molar-refractivity contribution in [3.63, 3.8) is 0 Å². The Morgan fingerprint density at radius 2 is 2.27 bits per heavy atom.